The van der Waals surface area contributed by atoms with Crippen molar-refractivity contribution < 1.29 is 42.1 Å². The number of quaternary nitrogens is 1. The number of carbonyl (C=O) groups excluding carboxylic acids is 2. The fourth-order valence-corrected chi connectivity index (χ4v) is 4.50. The van der Waals surface area contributed by atoms with Crippen molar-refractivity contribution in [2.45, 2.75) is 109 Å². The van der Waals surface area contributed by atoms with Crippen LogP contribution in [0.25, 0.3) is 0 Å². The lowest BCUT2D eigenvalue weighted by Gasteiger charge is -2.28. The summed E-state index contributed by atoms with van der Waals surface area (Å²) in [4.78, 5) is 36.3. The number of hydrogen-bond acceptors (Lipinski definition) is 10. The molecule has 0 fully saturated rings. The Morgan fingerprint density at radius 1 is 0.872 bits per heavy atom. The van der Waals surface area contributed by atoms with Gasteiger partial charge < -0.3 is 33.6 Å². The first kappa shape index (κ1) is 38.3. The largest absolute Gasteiger partial charge is 0.756 e. The second kappa shape index (κ2) is 22.9. The first-order valence-corrected chi connectivity index (χ1v) is 16.6. The molecule has 0 aliphatic heterocycles. The summed E-state index contributed by atoms with van der Waals surface area (Å²) in [5.74, 6) is -1.20. The second-order valence-electron chi connectivity index (χ2n) is 11.1. The molecule has 0 radical (unpaired) electrons. The van der Waals surface area contributed by atoms with Gasteiger partial charge in [0.1, 0.15) is 25.8 Å². The SMILES string of the molecule is CCCCCCCCCCCCCCCC(=O)OCC(COP(=O)([O-])OCC[N+](C)(C)C)OC(=O)[C@@H](N)CS. The molecule has 0 saturated carbocycles. The molecule has 0 aromatic rings. The first-order valence-electron chi connectivity index (χ1n) is 14.5. The predicted molar refractivity (Wildman–Crippen MR) is 155 cm³/mol. The van der Waals surface area contributed by atoms with Crippen LogP contribution in [0.2, 0.25) is 0 Å². The lowest BCUT2D eigenvalue weighted by molar-refractivity contribution is -0.870. The molecule has 3 atom stereocenters. The zero-order valence-electron chi connectivity index (χ0n) is 24.8. The molecule has 2 N–H and O–H groups in total. The summed E-state index contributed by atoms with van der Waals surface area (Å²) in [5, 5.41) is 0. The Labute approximate surface area is 242 Å². The van der Waals surface area contributed by atoms with E-state index in [1.54, 1.807) is 0 Å². The van der Waals surface area contributed by atoms with E-state index in [0.29, 0.717) is 17.4 Å². The third-order valence-electron chi connectivity index (χ3n) is 6.13. The summed E-state index contributed by atoms with van der Waals surface area (Å²) in [7, 11) is 1.05. The quantitative estimate of drug-likeness (QED) is 0.0488. The molecule has 0 aromatic carbocycles. The van der Waals surface area contributed by atoms with Crippen LogP contribution in [0.1, 0.15) is 96.8 Å². The minimum Gasteiger partial charge on any atom is -0.756 e. The summed E-state index contributed by atoms with van der Waals surface area (Å²) < 4.78 is 32.7. The van der Waals surface area contributed by atoms with Crippen molar-refractivity contribution in [3.05, 3.63) is 0 Å². The second-order valence-corrected chi connectivity index (χ2v) is 12.9. The van der Waals surface area contributed by atoms with E-state index in [1.807, 2.05) is 21.1 Å². The van der Waals surface area contributed by atoms with Gasteiger partial charge in [-0.15, -0.1) is 0 Å². The molecule has 0 spiro atoms. The average Bonchev–Trinajstić information content (AvgIpc) is 2.86. The average molecular weight is 599 g/mol. The van der Waals surface area contributed by atoms with Crippen LogP contribution in [0, 0.1) is 0 Å². The Balaban J connectivity index is 4.25. The van der Waals surface area contributed by atoms with E-state index in [9.17, 15) is 19.0 Å². The summed E-state index contributed by atoms with van der Waals surface area (Å²) in [6, 6.07) is -1.00. The van der Waals surface area contributed by atoms with Gasteiger partial charge >= 0.3 is 11.9 Å². The van der Waals surface area contributed by atoms with Gasteiger partial charge in [0.25, 0.3) is 7.82 Å². The number of nitrogens with zero attached hydrogens (tertiary/aromatic N) is 1. The van der Waals surface area contributed by atoms with Gasteiger partial charge in [-0.2, -0.15) is 12.6 Å². The standard InChI is InChI=1S/C27H55N2O8PS/c1-5-6-7-8-9-10-11-12-13-14-15-16-17-18-26(30)34-21-24(37-27(31)25(28)23-39)22-36-38(32,33)35-20-19-29(2,3)4/h24-25H,5-23,28H2,1-4H3,(H-,32,33,39)/t24?,25-/m0/s1. The van der Waals surface area contributed by atoms with Crippen molar-refractivity contribution in [3.8, 4) is 0 Å². The topological polar surface area (TPSA) is 137 Å². The van der Waals surface area contributed by atoms with Gasteiger partial charge in [0, 0.05) is 12.2 Å². The molecule has 0 aliphatic rings. The van der Waals surface area contributed by atoms with Gasteiger partial charge in [0.2, 0.25) is 0 Å². The third kappa shape index (κ3) is 24.8. The van der Waals surface area contributed by atoms with E-state index in [4.69, 9.17) is 24.3 Å². The molecule has 39 heavy (non-hydrogen) atoms. The van der Waals surface area contributed by atoms with Crippen LogP contribution < -0.4 is 10.6 Å². The van der Waals surface area contributed by atoms with Crippen LogP contribution in [0.15, 0.2) is 0 Å². The summed E-state index contributed by atoms with van der Waals surface area (Å²) in [6.07, 6.45) is 14.8. The highest BCUT2D eigenvalue weighted by Gasteiger charge is 2.24. The van der Waals surface area contributed by atoms with Crippen molar-refractivity contribution in [3.63, 3.8) is 0 Å². The maximum Gasteiger partial charge on any atom is 0.324 e. The number of esters is 2. The fraction of sp³-hybridized carbons (Fsp3) is 0.926. The molecule has 0 rings (SSSR count). The lowest BCUT2D eigenvalue weighted by atomic mass is 10.0. The first-order chi connectivity index (χ1) is 18.4. The van der Waals surface area contributed by atoms with Gasteiger partial charge in [-0.1, -0.05) is 84.0 Å². The highest BCUT2D eigenvalue weighted by molar-refractivity contribution is 7.80. The Kier molecular flexibility index (Phi) is 22.5. The van der Waals surface area contributed by atoms with E-state index in [2.05, 4.69) is 19.6 Å². The Hall–Kier alpha value is -0.680. The Morgan fingerprint density at radius 3 is 1.87 bits per heavy atom. The summed E-state index contributed by atoms with van der Waals surface area (Å²) in [5.41, 5.74) is 5.63. The van der Waals surface area contributed by atoms with Crippen LogP contribution in [0.4, 0.5) is 0 Å². The number of thiol groups is 1. The van der Waals surface area contributed by atoms with Crippen LogP contribution >= 0.6 is 20.5 Å². The van der Waals surface area contributed by atoms with E-state index >= 15 is 0 Å². The van der Waals surface area contributed by atoms with Crippen molar-refractivity contribution in [2.75, 3.05) is 53.3 Å². The molecule has 10 nitrogen and oxygen atoms in total. The molecular formula is C27H55N2O8PS. The van der Waals surface area contributed by atoms with Crippen molar-refractivity contribution in [1.29, 1.82) is 0 Å². The highest BCUT2D eigenvalue weighted by atomic mass is 32.1. The molecule has 0 aromatic heterocycles. The number of rotatable bonds is 26. The molecule has 0 amide bonds. The molecule has 0 bridgehead atoms. The van der Waals surface area contributed by atoms with Gasteiger partial charge in [-0.05, 0) is 6.42 Å². The zero-order chi connectivity index (χ0) is 29.6. The number of ether oxygens (including phenoxy) is 2. The molecule has 0 saturated heterocycles. The Bertz CT molecular complexity index is 693. The van der Waals surface area contributed by atoms with Crippen LogP contribution in [-0.2, 0) is 32.7 Å². The van der Waals surface area contributed by atoms with Gasteiger partial charge in [0.15, 0.2) is 6.10 Å². The fourth-order valence-electron chi connectivity index (χ4n) is 3.63. The van der Waals surface area contributed by atoms with Crippen LogP contribution in [0.5, 0.6) is 0 Å². The lowest BCUT2D eigenvalue weighted by Crippen LogP contribution is -2.39. The molecule has 232 valence electrons. The number of hydrogen-bond donors (Lipinski definition) is 2. The van der Waals surface area contributed by atoms with Crippen molar-refractivity contribution >= 4 is 32.4 Å². The summed E-state index contributed by atoms with van der Waals surface area (Å²) in [6.45, 7) is 1.72. The minimum absolute atomic E-state index is 0.0411. The number of carbonyl (C=O) groups is 2. The number of likely N-dealkylation sites (N-methyl/N-ethyl adjacent to an activating group) is 1. The molecule has 0 aliphatic carbocycles. The normalized spacial score (nSPS) is 14.9. The summed E-state index contributed by atoms with van der Waals surface area (Å²) >= 11 is 3.96. The number of phosphoric acid groups is 1. The predicted octanol–water partition coefficient (Wildman–Crippen LogP) is 4.39. The number of nitrogens with two attached hydrogens (primary N) is 1. The highest BCUT2D eigenvalue weighted by Crippen LogP contribution is 2.38. The van der Waals surface area contributed by atoms with E-state index in [1.165, 1.54) is 57.8 Å². The smallest absolute Gasteiger partial charge is 0.324 e. The molecular weight excluding hydrogens is 543 g/mol. The monoisotopic (exact) mass is 598 g/mol. The van der Waals surface area contributed by atoms with Crippen molar-refractivity contribution in [1.82, 2.24) is 0 Å². The molecule has 2 unspecified atom stereocenters. The zero-order valence-corrected chi connectivity index (χ0v) is 26.6. The molecule has 0 heterocycles. The minimum atomic E-state index is -4.64. The maximum absolute atomic E-state index is 12.2. The number of phosphoric ester groups is 1. The van der Waals surface area contributed by atoms with Crippen molar-refractivity contribution in [2.24, 2.45) is 5.73 Å². The van der Waals surface area contributed by atoms with Crippen LogP contribution in [-0.4, -0.2) is 81.8 Å². The Morgan fingerprint density at radius 2 is 1.38 bits per heavy atom. The van der Waals surface area contributed by atoms with Crippen LogP contribution in [0.3, 0.4) is 0 Å². The maximum atomic E-state index is 12.2. The third-order valence-corrected chi connectivity index (χ3v) is 7.48. The van der Waals surface area contributed by atoms with E-state index in [-0.39, 0.29) is 25.4 Å². The number of unbranched alkanes of at least 4 members (excludes halogenated alkanes) is 12. The van der Waals surface area contributed by atoms with Gasteiger partial charge in [-0.3, -0.25) is 14.2 Å². The van der Waals surface area contributed by atoms with E-state index in [0.717, 1.165) is 19.3 Å². The van der Waals surface area contributed by atoms with Gasteiger partial charge in [-0.25, -0.2) is 0 Å². The van der Waals surface area contributed by atoms with E-state index < -0.39 is 38.5 Å². The molecule has 12 heteroatoms. The van der Waals surface area contributed by atoms with Gasteiger partial charge in [0.05, 0.1) is 27.7 Å².